The average Bonchev–Trinajstić information content (AvgIpc) is 2.63. The molecule has 3 N–H and O–H groups in total. The molecule has 0 saturated heterocycles. The molecule has 0 fully saturated rings. The third-order valence-corrected chi connectivity index (χ3v) is 4.20. The maximum atomic E-state index is 11.8. The molecule has 0 saturated carbocycles. The number of esters is 1. The van der Waals surface area contributed by atoms with Crippen molar-refractivity contribution >= 4 is 46.2 Å². The number of rotatable bonds is 6. The Bertz CT molecular complexity index is 855. The zero-order valence-corrected chi connectivity index (χ0v) is 17.2. The van der Waals surface area contributed by atoms with Crippen LogP contribution in [-0.4, -0.2) is 26.1 Å². The van der Waals surface area contributed by atoms with Crippen molar-refractivity contribution in [1.82, 2.24) is 5.32 Å². The van der Waals surface area contributed by atoms with Crippen molar-refractivity contribution in [3.05, 3.63) is 51.2 Å². The molecule has 0 radical (unpaired) electrons. The van der Waals surface area contributed by atoms with E-state index >= 15 is 0 Å². The predicted octanol–water partition coefficient (Wildman–Crippen LogP) is 3.32. The summed E-state index contributed by atoms with van der Waals surface area (Å²) in [6.45, 7) is 1.31. The minimum absolute atomic E-state index is 0.0176. The van der Waals surface area contributed by atoms with Gasteiger partial charge in [0.25, 0.3) is 0 Å². The normalized spacial score (nSPS) is 10.9. The third-order valence-electron chi connectivity index (χ3n) is 3.40. The van der Waals surface area contributed by atoms with Gasteiger partial charge < -0.3 is 25.3 Å². The van der Waals surface area contributed by atoms with Crippen molar-refractivity contribution in [1.29, 1.82) is 0 Å². The molecule has 0 spiro atoms. The molecule has 2 rings (SSSR count). The van der Waals surface area contributed by atoms with Gasteiger partial charge in [-0.05, 0) is 70.6 Å². The van der Waals surface area contributed by atoms with Crippen molar-refractivity contribution < 1.29 is 23.8 Å². The minimum Gasteiger partial charge on any atom is -0.497 e. The predicted molar refractivity (Wildman–Crippen MR) is 110 cm³/mol. The molecule has 0 aliphatic heterocycles. The van der Waals surface area contributed by atoms with Gasteiger partial charge in [-0.3, -0.25) is 4.79 Å². The van der Waals surface area contributed by atoms with Crippen LogP contribution in [0.15, 0.2) is 42.1 Å². The van der Waals surface area contributed by atoms with E-state index in [0.717, 1.165) is 9.32 Å². The van der Waals surface area contributed by atoms with Gasteiger partial charge in [-0.1, -0.05) is 0 Å². The lowest BCUT2D eigenvalue weighted by atomic mass is 10.1. The molecule has 0 aromatic heterocycles. The number of carbonyl (C=O) groups is 2. The van der Waals surface area contributed by atoms with Crippen LogP contribution < -0.4 is 20.5 Å². The Morgan fingerprint density at radius 2 is 1.74 bits per heavy atom. The molecular formula is C19H19IN2O5. The van der Waals surface area contributed by atoms with Crippen LogP contribution in [0.3, 0.4) is 0 Å². The average molecular weight is 482 g/mol. The molecule has 1 amide bonds. The number of amides is 1. The van der Waals surface area contributed by atoms with Crippen LogP contribution in [0.1, 0.15) is 12.5 Å². The first kappa shape index (κ1) is 20.6. The smallest absolute Gasteiger partial charge is 0.354 e. The van der Waals surface area contributed by atoms with E-state index in [4.69, 9.17) is 15.2 Å². The molecule has 0 unspecified atom stereocenters. The van der Waals surface area contributed by atoms with E-state index in [0.29, 0.717) is 22.7 Å². The summed E-state index contributed by atoms with van der Waals surface area (Å²) in [7, 11) is 2.83. The third kappa shape index (κ3) is 5.61. The van der Waals surface area contributed by atoms with Gasteiger partial charge in [-0.15, -0.1) is 0 Å². The molecule has 0 atom stereocenters. The summed E-state index contributed by atoms with van der Waals surface area (Å²) in [6, 6.07) is 10.5. The van der Waals surface area contributed by atoms with E-state index in [1.54, 1.807) is 43.5 Å². The van der Waals surface area contributed by atoms with E-state index < -0.39 is 5.97 Å². The molecule has 27 heavy (non-hydrogen) atoms. The summed E-state index contributed by atoms with van der Waals surface area (Å²) in [5.74, 6) is 0.791. The van der Waals surface area contributed by atoms with Gasteiger partial charge in [0.1, 0.15) is 17.2 Å². The van der Waals surface area contributed by atoms with Crippen molar-refractivity contribution in [3.63, 3.8) is 0 Å². The van der Waals surface area contributed by atoms with Crippen LogP contribution >= 0.6 is 22.6 Å². The molecule has 0 heterocycles. The highest BCUT2D eigenvalue weighted by Gasteiger charge is 2.14. The Hall–Kier alpha value is -2.75. The SMILES string of the molecule is COC(=O)/C(=C\c1cc(N)c(Oc2ccc(OC)cc2)c(I)c1)NC(C)=O. The molecule has 2 aromatic carbocycles. The summed E-state index contributed by atoms with van der Waals surface area (Å²) in [5, 5.41) is 2.44. The fourth-order valence-electron chi connectivity index (χ4n) is 2.20. The number of benzene rings is 2. The lowest BCUT2D eigenvalue weighted by Gasteiger charge is -2.13. The highest BCUT2D eigenvalue weighted by Crippen LogP contribution is 2.34. The molecule has 0 bridgehead atoms. The highest BCUT2D eigenvalue weighted by molar-refractivity contribution is 14.1. The summed E-state index contributed by atoms with van der Waals surface area (Å²) in [6.07, 6.45) is 1.49. The summed E-state index contributed by atoms with van der Waals surface area (Å²) in [4.78, 5) is 23.1. The number of halogens is 1. The van der Waals surface area contributed by atoms with Crippen molar-refractivity contribution in [2.75, 3.05) is 20.0 Å². The molecule has 2 aromatic rings. The van der Waals surface area contributed by atoms with Crippen LogP contribution in [0.2, 0.25) is 0 Å². The monoisotopic (exact) mass is 482 g/mol. The van der Waals surface area contributed by atoms with E-state index in [9.17, 15) is 9.59 Å². The molecule has 0 aliphatic rings. The van der Waals surface area contributed by atoms with Gasteiger partial charge in [0.05, 0.1) is 23.5 Å². The standard InChI is InChI=1S/C19H19IN2O5/c1-11(23)22-17(19(24)26-3)10-12-8-15(20)18(16(21)9-12)27-14-6-4-13(25-2)5-7-14/h4-10H,21H2,1-3H3,(H,22,23)/b17-10+. The molecule has 0 aliphatic carbocycles. The Balaban J connectivity index is 2.32. The Kier molecular flexibility index (Phi) is 7.05. The van der Waals surface area contributed by atoms with E-state index in [2.05, 4.69) is 32.6 Å². The zero-order valence-electron chi connectivity index (χ0n) is 15.0. The zero-order chi connectivity index (χ0) is 20.0. The maximum Gasteiger partial charge on any atom is 0.354 e. The second-order valence-corrected chi connectivity index (χ2v) is 6.59. The van der Waals surface area contributed by atoms with E-state index in [1.807, 2.05) is 0 Å². The van der Waals surface area contributed by atoms with Crippen LogP contribution in [0, 0.1) is 3.57 Å². The van der Waals surface area contributed by atoms with Crippen molar-refractivity contribution in [3.8, 4) is 17.2 Å². The van der Waals surface area contributed by atoms with Crippen LogP contribution in [0.4, 0.5) is 5.69 Å². The number of carbonyl (C=O) groups excluding carboxylic acids is 2. The fraction of sp³-hybridized carbons (Fsp3) is 0.158. The first-order valence-electron chi connectivity index (χ1n) is 7.82. The first-order chi connectivity index (χ1) is 12.8. The molecule has 7 nitrogen and oxygen atoms in total. The topological polar surface area (TPSA) is 99.9 Å². The van der Waals surface area contributed by atoms with Crippen LogP contribution in [0.25, 0.3) is 6.08 Å². The summed E-state index contributed by atoms with van der Waals surface area (Å²) in [5.41, 5.74) is 7.15. The number of nitrogen functional groups attached to an aromatic ring is 1. The summed E-state index contributed by atoms with van der Waals surface area (Å²) < 4.78 is 16.4. The van der Waals surface area contributed by atoms with Gasteiger partial charge in [-0.25, -0.2) is 4.79 Å². The van der Waals surface area contributed by atoms with Crippen molar-refractivity contribution in [2.24, 2.45) is 0 Å². The number of nitrogens with two attached hydrogens (primary N) is 1. The van der Waals surface area contributed by atoms with Gasteiger partial charge in [-0.2, -0.15) is 0 Å². The second-order valence-electron chi connectivity index (χ2n) is 5.43. The Morgan fingerprint density at radius 3 is 2.26 bits per heavy atom. The van der Waals surface area contributed by atoms with Gasteiger partial charge in [0.15, 0.2) is 5.75 Å². The number of methoxy groups -OCH3 is 2. The minimum atomic E-state index is -0.655. The van der Waals surface area contributed by atoms with E-state index in [-0.39, 0.29) is 11.6 Å². The lowest BCUT2D eigenvalue weighted by molar-refractivity contribution is -0.137. The first-order valence-corrected chi connectivity index (χ1v) is 8.90. The largest absolute Gasteiger partial charge is 0.497 e. The molecular weight excluding hydrogens is 463 g/mol. The Labute approximate surface area is 170 Å². The lowest BCUT2D eigenvalue weighted by Crippen LogP contribution is -2.25. The Morgan fingerprint density at radius 1 is 1.11 bits per heavy atom. The second kappa shape index (κ2) is 9.26. The number of ether oxygens (including phenoxy) is 3. The maximum absolute atomic E-state index is 11.8. The summed E-state index contributed by atoms with van der Waals surface area (Å²) >= 11 is 2.09. The number of hydrogen-bond donors (Lipinski definition) is 2. The van der Waals surface area contributed by atoms with E-state index in [1.165, 1.54) is 20.1 Å². The quantitative estimate of drug-likeness (QED) is 0.284. The molecule has 142 valence electrons. The van der Waals surface area contributed by atoms with Crippen LogP contribution in [-0.2, 0) is 14.3 Å². The van der Waals surface area contributed by atoms with Gasteiger partial charge >= 0.3 is 5.97 Å². The number of hydrogen-bond acceptors (Lipinski definition) is 6. The van der Waals surface area contributed by atoms with Gasteiger partial charge in [0, 0.05) is 6.92 Å². The van der Waals surface area contributed by atoms with Crippen molar-refractivity contribution in [2.45, 2.75) is 6.92 Å². The number of anilines is 1. The highest BCUT2D eigenvalue weighted by atomic mass is 127. The van der Waals surface area contributed by atoms with Crippen LogP contribution in [0.5, 0.6) is 17.2 Å². The number of nitrogens with one attached hydrogen (secondary N) is 1. The fourth-order valence-corrected chi connectivity index (χ4v) is 2.98. The van der Waals surface area contributed by atoms with Gasteiger partial charge in [0.2, 0.25) is 5.91 Å². The molecule has 8 heteroatoms.